The zero-order valence-electron chi connectivity index (χ0n) is 15.7. The van der Waals surface area contributed by atoms with E-state index in [1.165, 1.54) is 18.2 Å². The smallest absolute Gasteiger partial charge is 0.375 e. The molecule has 8 nitrogen and oxygen atoms in total. The monoisotopic (exact) mass is 365 g/mol. The molecule has 0 fully saturated rings. The summed E-state index contributed by atoms with van der Waals surface area (Å²) in [7, 11) is 0. The van der Waals surface area contributed by atoms with Crippen molar-refractivity contribution in [2.45, 2.75) is 52.7 Å². The van der Waals surface area contributed by atoms with E-state index in [4.69, 9.17) is 14.2 Å². The van der Waals surface area contributed by atoms with Crippen LogP contribution >= 0.6 is 0 Å². The first kappa shape index (κ1) is 21.1. The Morgan fingerprint density at radius 3 is 2.12 bits per heavy atom. The zero-order chi connectivity index (χ0) is 20.1. The van der Waals surface area contributed by atoms with Crippen LogP contribution in [0.3, 0.4) is 0 Å². The van der Waals surface area contributed by atoms with Crippen LogP contribution < -0.4 is 4.74 Å². The SMILES string of the molecule is CC(C)(C)OC(=O)/C=C(\Oc1cccc([N+](=O)[O-])c1)C(=O)OC(C)(C)C. The fraction of sp³-hybridized carbons (Fsp3) is 0.444. The van der Waals surface area contributed by atoms with Crippen LogP contribution in [0.1, 0.15) is 41.5 Å². The molecule has 0 radical (unpaired) electrons. The summed E-state index contributed by atoms with van der Waals surface area (Å²) in [5.41, 5.74) is -1.81. The molecule has 0 atom stereocenters. The Hall–Kier alpha value is -2.90. The number of nitro benzene ring substituents is 1. The van der Waals surface area contributed by atoms with Gasteiger partial charge in [0.05, 0.1) is 17.1 Å². The molecule has 1 aromatic carbocycles. The van der Waals surface area contributed by atoms with Crippen LogP contribution in [0.4, 0.5) is 5.69 Å². The van der Waals surface area contributed by atoms with Crippen LogP contribution in [-0.2, 0) is 19.1 Å². The van der Waals surface area contributed by atoms with Crippen LogP contribution in [0.15, 0.2) is 36.1 Å². The van der Waals surface area contributed by atoms with E-state index in [2.05, 4.69) is 0 Å². The van der Waals surface area contributed by atoms with Crippen molar-refractivity contribution in [3.05, 3.63) is 46.2 Å². The molecule has 0 aliphatic rings. The lowest BCUT2D eigenvalue weighted by molar-refractivity contribution is -0.384. The van der Waals surface area contributed by atoms with E-state index >= 15 is 0 Å². The Labute approximate surface area is 151 Å². The predicted octanol–water partition coefficient (Wildman–Crippen LogP) is 3.54. The summed E-state index contributed by atoms with van der Waals surface area (Å²) in [5, 5.41) is 10.9. The Balaban J connectivity index is 3.15. The molecule has 0 aromatic heterocycles. The molecule has 8 heteroatoms. The molecule has 0 aliphatic carbocycles. The molecule has 142 valence electrons. The molecule has 26 heavy (non-hydrogen) atoms. The Bertz CT molecular complexity index is 724. The number of hydrogen-bond donors (Lipinski definition) is 0. The zero-order valence-corrected chi connectivity index (χ0v) is 15.7. The minimum absolute atomic E-state index is 0.0138. The summed E-state index contributed by atoms with van der Waals surface area (Å²) in [6.45, 7) is 9.99. The maximum absolute atomic E-state index is 12.3. The van der Waals surface area contributed by atoms with Gasteiger partial charge in [0.25, 0.3) is 5.69 Å². The first-order valence-electron chi connectivity index (χ1n) is 7.87. The second kappa shape index (κ2) is 7.99. The summed E-state index contributed by atoms with van der Waals surface area (Å²) in [6, 6.07) is 5.22. The van der Waals surface area contributed by atoms with Crippen molar-refractivity contribution in [2.75, 3.05) is 0 Å². The molecule has 0 aliphatic heterocycles. The maximum Gasteiger partial charge on any atom is 0.375 e. The Kier molecular flexibility index (Phi) is 6.49. The molecular formula is C18H23NO7. The van der Waals surface area contributed by atoms with Gasteiger partial charge in [0.15, 0.2) is 0 Å². The van der Waals surface area contributed by atoms with E-state index in [1.807, 2.05) is 0 Å². The highest BCUT2D eigenvalue weighted by Gasteiger charge is 2.25. The highest BCUT2D eigenvalue weighted by atomic mass is 16.6. The van der Waals surface area contributed by atoms with E-state index < -0.39 is 33.8 Å². The molecule has 0 spiro atoms. The molecule has 1 rings (SSSR count). The number of nitro groups is 1. The van der Waals surface area contributed by atoms with E-state index in [0.717, 1.165) is 12.1 Å². The first-order valence-corrected chi connectivity index (χ1v) is 7.87. The molecule has 0 N–H and O–H groups in total. The number of carbonyl (C=O) groups is 2. The molecule has 0 heterocycles. The number of non-ortho nitro benzene ring substituents is 1. The lowest BCUT2D eigenvalue weighted by Gasteiger charge is -2.21. The lowest BCUT2D eigenvalue weighted by atomic mass is 10.2. The summed E-state index contributed by atoms with van der Waals surface area (Å²) in [5.74, 6) is -2.12. The van der Waals surface area contributed by atoms with Crippen molar-refractivity contribution in [1.29, 1.82) is 0 Å². The normalized spacial score (nSPS) is 12.3. The second-order valence-corrected chi connectivity index (χ2v) is 7.40. The summed E-state index contributed by atoms with van der Waals surface area (Å²) < 4.78 is 15.7. The topological polar surface area (TPSA) is 105 Å². The molecule has 0 amide bonds. The quantitative estimate of drug-likeness (QED) is 0.258. The number of ether oxygens (including phenoxy) is 3. The lowest BCUT2D eigenvalue weighted by Crippen LogP contribution is -2.28. The van der Waals surface area contributed by atoms with Crippen LogP contribution in [-0.4, -0.2) is 28.1 Å². The molecule has 1 aromatic rings. The fourth-order valence-electron chi connectivity index (χ4n) is 1.68. The maximum atomic E-state index is 12.3. The Morgan fingerprint density at radius 2 is 1.62 bits per heavy atom. The minimum atomic E-state index is -0.894. The van der Waals surface area contributed by atoms with Crippen LogP contribution in [0, 0.1) is 10.1 Å². The summed E-state index contributed by atoms with van der Waals surface area (Å²) in [4.78, 5) is 34.6. The number of hydrogen-bond acceptors (Lipinski definition) is 7. The van der Waals surface area contributed by atoms with Crippen molar-refractivity contribution < 1.29 is 28.7 Å². The van der Waals surface area contributed by atoms with Crippen molar-refractivity contribution in [3.8, 4) is 5.75 Å². The highest BCUT2D eigenvalue weighted by Crippen LogP contribution is 2.22. The van der Waals surface area contributed by atoms with Gasteiger partial charge in [0, 0.05) is 6.07 Å². The third kappa shape index (κ3) is 7.78. The number of rotatable bonds is 5. The van der Waals surface area contributed by atoms with Gasteiger partial charge in [-0.1, -0.05) is 6.07 Å². The van der Waals surface area contributed by atoms with Crippen molar-refractivity contribution in [3.63, 3.8) is 0 Å². The van der Waals surface area contributed by atoms with Gasteiger partial charge in [-0.2, -0.15) is 0 Å². The molecule has 0 saturated carbocycles. The van der Waals surface area contributed by atoms with Crippen LogP contribution in [0.25, 0.3) is 0 Å². The van der Waals surface area contributed by atoms with Gasteiger partial charge in [0.1, 0.15) is 17.0 Å². The second-order valence-electron chi connectivity index (χ2n) is 7.40. The summed E-state index contributed by atoms with van der Waals surface area (Å²) >= 11 is 0. The average Bonchev–Trinajstić information content (AvgIpc) is 2.43. The van der Waals surface area contributed by atoms with E-state index in [-0.39, 0.29) is 11.4 Å². The third-order valence-electron chi connectivity index (χ3n) is 2.51. The number of benzene rings is 1. The van der Waals surface area contributed by atoms with Gasteiger partial charge in [-0.05, 0) is 47.6 Å². The van der Waals surface area contributed by atoms with Gasteiger partial charge >= 0.3 is 11.9 Å². The number of carbonyl (C=O) groups excluding carboxylic acids is 2. The molecule has 0 saturated heterocycles. The number of esters is 2. The van der Waals surface area contributed by atoms with Gasteiger partial charge in [-0.25, -0.2) is 9.59 Å². The van der Waals surface area contributed by atoms with E-state index in [0.29, 0.717) is 0 Å². The summed E-state index contributed by atoms with van der Waals surface area (Å²) in [6.07, 6.45) is 0.859. The van der Waals surface area contributed by atoms with Crippen molar-refractivity contribution in [1.82, 2.24) is 0 Å². The van der Waals surface area contributed by atoms with Gasteiger partial charge < -0.3 is 14.2 Å². The Morgan fingerprint density at radius 1 is 1.04 bits per heavy atom. The minimum Gasteiger partial charge on any atom is -0.457 e. The first-order chi connectivity index (χ1) is 11.8. The molecule has 0 unspecified atom stereocenters. The van der Waals surface area contributed by atoms with Crippen molar-refractivity contribution >= 4 is 17.6 Å². The third-order valence-corrected chi connectivity index (χ3v) is 2.51. The number of nitrogens with zero attached hydrogens (tertiary/aromatic N) is 1. The molecule has 0 bridgehead atoms. The van der Waals surface area contributed by atoms with Gasteiger partial charge in [-0.3, -0.25) is 10.1 Å². The highest BCUT2D eigenvalue weighted by molar-refractivity contribution is 5.95. The standard InChI is InChI=1S/C18H23NO7/c1-17(2,3)25-15(20)11-14(16(21)26-18(4,5)6)24-13-9-7-8-12(10-13)19(22)23/h7-11H,1-6H3/b14-11-. The van der Waals surface area contributed by atoms with Gasteiger partial charge in [-0.15, -0.1) is 0 Å². The van der Waals surface area contributed by atoms with Gasteiger partial charge in [0.2, 0.25) is 5.76 Å². The van der Waals surface area contributed by atoms with Crippen LogP contribution in [0.2, 0.25) is 0 Å². The fourth-order valence-corrected chi connectivity index (χ4v) is 1.68. The predicted molar refractivity (Wildman–Crippen MR) is 93.5 cm³/mol. The average molecular weight is 365 g/mol. The molecular weight excluding hydrogens is 342 g/mol. The van der Waals surface area contributed by atoms with E-state index in [9.17, 15) is 19.7 Å². The largest absolute Gasteiger partial charge is 0.457 e. The van der Waals surface area contributed by atoms with Crippen molar-refractivity contribution in [2.24, 2.45) is 0 Å². The van der Waals surface area contributed by atoms with Crippen LogP contribution in [0.5, 0.6) is 5.75 Å². The van der Waals surface area contributed by atoms with E-state index in [1.54, 1.807) is 41.5 Å².